The van der Waals surface area contributed by atoms with E-state index in [1.807, 2.05) is 0 Å². The fraction of sp³-hybridized carbons (Fsp3) is 1.00. The molecule has 1 aliphatic heterocycles. The van der Waals surface area contributed by atoms with E-state index in [0.717, 1.165) is 29.7 Å². The maximum atomic E-state index is 3.89. The number of nitrogens with zero attached hydrogens (tertiary/aromatic N) is 1. The summed E-state index contributed by atoms with van der Waals surface area (Å²) in [7, 11) is 0. The number of fused-ring (bicyclic) bond motifs is 1. The Morgan fingerprint density at radius 1 is 0.889 bits per heavy atom. The first-order valence-electron chi connectivity index (χ1n) is 8.36. The van der Waals surface area contributed by atoms with Crippen LogP contribution in [0, 0.1) is 23.7 Å². The zero-order valence-electron chi connectivity index (χ0n) is 11.6. The Morgan fingerprint density at radius 3 is 2.06 bits per heavy atom. The van der Waals surface area contributed by atoms with Crippen LogP contribution in [0.15, 0.2) is 0 Å². The molecule has 0 spiro atoms. The van der Waals surface area contributed by atoms with Gasteiger partial charge in [0.2, 0.25) is 0 Å². The van der Waals surface area contributed by atoms with Crippen LogP contribution in [0.3, 0.4) is 0 Å². The zero-order valence-corrected chi connectivity index (χ0v) is 11.6. The van der Waals surface area contributed by atoms with Gasteiger partial charge in [0.1, 0.15) is 0 Å². The summed E-state index contributed by atoms with van der Waals surface area (Å²) in [6, 6.07) is 0.895. The van der Waals surface area contributed by atoms with Gasteiger partial charge in [-0.1, -0.05) is 6.42 Å². The van der Waals surface area contributed by atoms with Crippen LogP contribution in [0.25, 0.3) is 0 Å². The minimum absolute atomic E-state index is 0.895. The van der Waals surface area contributed by atoms with Crippen LogP contribution >= 0.6 is 0 Å². The van der Waals surface area contributed by atoms with E-state index in [0.29, 0.717) is 0 Å². The molecule has 0 amide bonds. The second-order valence-electron chi connectivity index (χ2n) is 7.37. The van der Waals surface area contributed by atoms with Gasteiger partial charge in [0.15, 0.2) is 0 Å². The molecule has 0 aromatic carbocycles. The third-order valence-corrected chi connectivity index (χ3v) is 5.87. The molecule has 1 N–H and O–H groups in total. The summed E-state index contributed by atoms with van der Waals surface area (Å²) in [4.78, 5) is 2.73. The van der Waals surface area contributed by atoms with Gasteiger partial charge in [-0.3, -0.25) is 0 Å². The summed E-state index contributed by atoms with van der Waals surface area (Å²) in [5, 5.41) is 3.89. The Kier molecular flexibility index (Phi) is 3.12. The smallest absolute Gasteiger partial charge is 0.0124 e. The first kappa shape index (κ1) is 11.7. The fourth-order valence-corrected chi connectivity index (χ4v) is 4.53. The van der Waals surface area contributed by atoms with E-state index in [-0.39, 0.29) is 0 Å². The van der Waals surface area contributed by atoms with Crippen molar-refractivity contribution in [1.29, 1.82) is 0 Å². The van der Waals surface area contributed by atoms with Crippen LogP contribution in [0.5, 0.6) is 0 Å². The SMILES string of the molecule is C1CC2CN(CCNC(C3CC3)C3CC3)CC2C1. The van der Waals surface area contributed by atoms with Crippen LogP contribution in [0.4, 0.5) is 0 Å². The van der Waals surface area contributed by atoms with Crippen LogP contribution < -0.4 is 5.32 Å². The third kappa shape index (κ3) is 2.46. The van der Waals surface area contributed by atoms with E-state index >= 15 is 0 Å². The minimum atomic E-state index is 0.895. The highest BCUT2D eigenvalue weighted by Gasteiger charge is 2.41. The van der Waals surface area contributed by atoms with E-state index in [1.165, 1.54) is 71.1 Å². The van der Waals surface area contributed by atoms with Crippen molar-refractivity contribution in [2.24, 2.45) is 23.7 Å². The monoisotopic (exact) mass is 248 g/mol. The summed E-state index contributed by atoms with van der Waals surface area (Å²) < 4.78 is 0. The van der Waals surface area contributed by atoms with Gasteiger partial charge in [-0.05, 0) is 62.2 Å². The van der Waals surface area contributed by atoms with Crippen molar-refractivity contribution < 1.29 is 0 Å². The van der Waals surface area contributed by atoms with Crippen molar-refractivity contribution in [2.75, 3.05) is 26.2 Å². The fourth-order valence-electron chi connectivity index (χ4n) is 4.53. The molecular formula is C16H28N2. The second-order valence-corrected chi connectivity index (χ2v) is 7.37. The zero-order chi connectivity index (χ0) is 11.9. The van der Waals surface area contributed by atoms with Crippen molar-refractivity contribution in [3.05, 3.63) is 0 Å². The van der Waals surface area contributed by atoms with Crippen molar-refractivity contribution in [3.63, 3.8) is 0 Å². The molecule has 102 valence electrons. The summed E-state index contributed by atoms with van der Waals surface area (Å²) in [6.45, 7) is 5.37. The summed E-state index contributed by atoms with van der Waals surface area (Å²) >= 11 is 0. The molecule has 4 rings (SSSR count). The first-order valence-corrected chi connectivity index (χ1v) is 8.36. The Balaban J connectivity index is 1.20. The maximum absolute atomic E-state index is 3.89. The molecule has 4 aliphatic rings. The van der Waals surface area contributed by atoms with Gasteiger partial charge in [-0.2, -0.15) is 0 Å². The molecule has 2 heteroatoms. The van der Waals surface area contributed by atoms with Crippen LogP contribution in [-0.2, 0) is 0 Å². The van der Waals surface area contributed by atoms with Gasteiger partial charge in [0, 0.05) is 32.2 Å². The molecular weight excluding hydrogens is 220 g/mol. The number of rotatable bonds is 6. The topological polar surface area (TPSA) is 15.3 Å². The molecule has 2 atom stereocenters. The number of hydrogen-bond acceptors (Lipinski definition) is 2. The van der Waals surface area contributed by atoms with E-state index in [2.05, 4.69) is 10.2 Å². The van der Waals surface area contributed by atoms with E-state index in [1.54, 1.807) is 0 Å². The molecule has 3 aliphatic carbocycles. The molecule has 2 unspecified atom stereocenters. The minimum Gasteiger partial charge on any atom is -0.312 e. The van der Waals surface area contributed by atoms with Crippen LogP contribution in [0.2, 0.25) is 0 Å². The van der Waals surface area contributed by atoms with Gasteiger partial charge in [0.25, 0.3) is 0 Å². The van der Waals surface area contributed by atoms with E-state index in [4.69, 9.17) is 0 Å². The Morgan fingerprint density at radius 2 is 1.50 bits per heavy atom. The van der Waals surface area contributed by atoms with Gasteiger partial charge < -0.3 is 10.2 Å². The molecule has 3 saturated carbocycles. The maximum Gasteiger partial charge on any atom is 0.0124 e. The standard InChI is InChI=1S/C16H28N2/c1-2-14-10-18(11-15(14)3-1)9-8-17-16(12-4-5-12)13-6-7-13/h12-17H,1-11H2. The highest BCUT2D eigenvalue weighted by molar-refractivity contribution is 4.96. The largest absolute Gasteiger partial charge is 0.312 e. The van der Waals surface area contributed by atoms with Gasteiger partial charge in [-0.25, -0.2) is 0 Å². The lowest BCUT2D eigenvalue weighted by Gasteiger charge is -2.21. The predicted molar refractivity (Wildman–Crippen MR) is 74.5 cm³/mol. The van der Waals surface area contributed by atoms with E-state index in [9.17, 15) is 0 Å². The predicted octanol–water partition coefficient (Wildman–Crippen LogP) is 2.50. The molecule has 4 fully saturated rings. The van der Waals surface area contributed by atoms with Crippen molar-refractivity contribution in [1.82, 2.24) is 10.2 Å². The van der Waals surface area contributed by atoms with Crippen molar-refractivity contribution >= 4 is 0 Å². The van der Waals surface area contributed by atoms with Crippen LogP contribution in [-0.4, -0.2) is 37.1 Å². The van der Waals surface area contributed by atoms with Crippen molar-refractivity contribution in [3.8, 4) is 0 Å². The molecule has 18 heavy (non-hydrogen) atoms. The average Bonchev–Trinajstić information content (AvgIpc) is 3.25. The molecule has 2 nitrogen and oxygen atoms in total. The van der Waals surface area contributed by atoms with Gasteiger partial charge in [0.05, 0.1) is 0 Å². The highest BCUT2D eigenvalue weighted by Crippen LogP contribution is 2.44. The lowest BCUT2D eigenvalue weighted by Crippen LogP contribution is -2.39. The van der Waals surface area contributed by atoms with Crippen molar-refractivity contribution in [2.45, 2.75) is 51.0 Å². The van der Waals surface area contributed by atoms with Gasteiger partial charge in [-0.15, -0.1) is 0 Å². The highest BCUT2D eigenvalue weighted by atomic mass is 15.2. The Bertz CT molecular complexity index is 271. The number of nitrogens with one attached hydrogen (secondary N) is 1. The first-order chi connectivity index (χ1) is 8.90. The second kappa shape index (κ2) is 4.79. The average molecular weight is 248 g/mol. The molecule has 1 heterocycles. The normalized spacial score (nSPS) is 36.5. The Labute approximate surface area is 111 Å². The number of hydrogen-bond donors (Lipinski definition) is 1. The number of likely N-dealkylation sites (tertiary alicyclic amines) is 1. The quantitative estimate of drug-likeness (QED) is 0.777. The summed E-state index contributed by atoms with van der Waals surface area (Å²) in [5.74, 6) is 4.23. The molecule has 0 radical (unpaired) electrons. The molecule has 1 saturated heterocycles. The van der Waals surface area contributed by atoms with Crippen LogP contribution in [0.1, 0.15) is 44.9 Å². The summed E-state index contributed by atoms with van der Waals surface area (Å²) in [5.41, 5.74) is 0. The lowest BCUT2D eigenvalue weighted by atomic mass is 10.0. The van der Waals surface area contributed by atoms with E-state index < -0.39 is 0 Å². The van der Waals surface area contributed by atoms with Gasteiger partial charge >= 0.3 is 0 Å². The molecule has 0 aromatic rings. The lowest BCUT2D eigenvalue weighted by molar-refractivity contribution is 0.294. The molecule has 0 aromatic heterocycles. The summed E-state index contributed by atoms with van der Waals surface area (Å²) in [6.07, 6.45) is 10.5. The molecule has 0 bridgehead atoms. The Hall–Kier alpha value is -0.0800. The third-order valence-electron chi connectivity index (χ3n) is 5.87.